The van der Waals surface area contributed by atoms with E-state index in [1.165, 1.54) is 4.90 Å². The van der Waals surface area contributed by atoms with Gasteiger partial charge in [0, 0.05) is 19.5 Å². The summed E-state index contributed by atoms with van der Waals surface area (Å²) in [7, 11) is 0. The number of likely N-dealkylation sites (tertiary alicyclic amines) is 1. The van der Waals surface area contributed by atoms with Gasteiger partial charge in [-0.15, -0.1) is 0 Å². The Bertz CT molecular complexity index is 833. The molecular formula is C22H41N9O6. The van der Waals surface area contributed by atoms with E-state index in [0.717, 1.165) is 0 Å². The lowest BCUT2D eigenvalue weighted by molar-refractivity contribution is -0.143. The summed E-state index contributed by atoms with van der Waals surface area (Å²) < 4.78 is 0. The number of unbranched alkanes of at least 4 members (excludes halogenated alkanes) is 1. The van der Waals surface area contributed by atoms with E-state index in [9.17, 15) is 29.1 Å². The van der Waals surface area contributed by atoms with Gasteiger partial charge in [-0.1, -0.05) is 0 Å². The molecule has 15 nitrogen and oxygen atoms in total. The van der Waals surface area contributed by atoms with E-state index in [-0.39, 0.29) is 38.2 Å². The molecule has 0 saturated carbocycles. The zero-order valence-corrected chi connectivity index (χ0v) is 21.1. The van der Waals surface area contributed by atoms with Crippen molar-refractivity contribution < 1.29 is 29.1 Å². The number of nitrogens with zero attached hydrogens (tertiary/aromatic N) is 2. The number of carbonyl (C=O) groups excluding carboxylic acids is 4. The molecule has 1 fully saturated rings. The van der Waals surface area contributed by atoms with Crippen LogP contribution in [0.15, 0.2) is 4.99 Å². The van der Waals surface area contributed by atoms with Crippen LogP contribution in [0.2, 0.25) is 0 Å². The number of nitrogens with one attached hydrogen (secondary N) is 2. The molecule has 37 heavy (non-hydrogen) atoms. The van der Waals surface area contributed by atoms with Gasteiger partial charge in [-0.3, -0.25) is 24.2 Å². The summed E-state index contributed by atoms with van der Waals surface area (Å²) in [6, 6.07) is -4.06. The van der Waals surface area contributed by atoms with Crippen LogP contribution in [0.25, 0.3) is 0 Å². The van der Waals surface area contributed by atoms with Crippen molar-refractivity contribution in [2.75, 3.05) is 19.6 Å². The number of hydrogen-bond acceptors (Lipinski definition) is 8. The average molecular weight is 528 g/mol. The molecule has 0 spiro atoms. The van der Waals surface area contributed by atoms with Gasteiger partial charge < -0.3 is 49.3 Å². The number of hydrogen-bond donors (Lipinski definition) is 8. The minimum atomic E-state index is -1.23. The van der Waals surface area contributed by atoms with Gasteiger partial charge >= 0.3 is 5.97 Å². The summed E-state index contributed by atoms with van der Waals surface area (Å²) in [5.74, 6) is -3.61. The second-order valence-corrected chi connectivity index (χ2v) is 8.99. The number of rotatable bonds is 17. The number of nitrogens with two attached hydrogens (primary N) is 5. The Morgan fingerprint density at radius 1 is 0.973 bits per heavy atom. The summed E-state index contributed by atoms with van der Waals surface area (Å²) in [5.41, 5.74) is 27.1. The standard InChI is InChI=1S/C22H41N9O6/c23-10-2-1-5-14(18(33)30-15(21(36)37)6-3-11-28-22(26)27)29-19(34)16-7-4-12-31(16)20(35)13(24)8-9-17(25)32/h13-16H,1-12,23-24H2,(H2,25,32)(H,29,34)(H,30,33)(H,36,37)(H4,26,27,28). The predicted molar refractivity (Wildman–Crippen MR) is 135 cm³/mol. The van der Waals surface area contributed by atoms with Crippen LogP contribution in [-0.2, 0) is 24.0 Å². The van der Waals surface area contributed by atoms with Crippen molar-refractivity contribution in [3.63, 3.8) is 0 Å². The lowest BCUT2D eigenvalue weighted by atomic mass is 10.1. The number of aliphatic carboxylic acids is 1. The van der Waals surface area contributed by atoms with Gasteiger partial charge in [0.1, 0.15) is 18.1 Å². The van der Waals surface area contributed by atoms with Crippen molar-refractivity contribution in [3.8, 4) is 0 Å². The van der Waals surface area contributed by atoms with Crippen molar-refractivity contribution in [1.29, 1.82) is 0 Å². The van der Waals surface area contributed by atoms with Crippen molar-refractivity contribution >= 4 is 35.6 Å². The molecule has 0 bridgehead atoms. The first kappa shape index (κ1) is 31.6. The number of carboxylic acid groups (broad SMARTS) is 1. The van der Waals surface area contributed by atoms with Crippen molar-refractivity contribution in [2.24, 2.45) is 33.7 Å². The fourth-order valence-corrected chi connectivity index (χ4v) is 4.00. The lowest BCUT2D eigenvalue weighted by Crippen LogP contribution is -2.56. The second-order valence-electron chi connectivity index (χ2n) is 8.99. The maximum absolute atomic E-state index is 13.1. The number of amides is 4. The minimum Gasteiger partial charge on any atom is -0.480 e. The zero-order chi connectivity index (χ0) is 28.0. The molecule has 4 unspecified atom stereocenters. The number of carboxylic acids is 1. The molecule has 4 amide bonds. The summed E-state index contributed by atoms with van der Waals surface area (Å²) >= 11 is 0. The fraction of sp³-hybridized carbons (Fsp3) is 0.727. The van der Waals surface area contributed by atoms with E-state index in [1.54, 1.807) is 0 Å². The van der Waals surface area contributed by atoms with Gasteiger partial charge in [0.05, 0.1) is 6.04 Å². The predicted octanol–water partition coefficient (Wildman–Crippen LogP) is -3.19. The summed E-state index contributed by atoms with van der Waals surface area (Å²) in [6.45, 7) is 0.896. The highest BCUT2D eigenvalue weighted by molar-refractivity contribution is 5.94. The highest BCUT2D eigenvalue weighted by Gasteiger charge is 2.37. The molecule has 0 aromatic heterocycles. The van der Waals surface area contributed by atoms with Crippen LogP contribution in [0, 0.1) is 0 Å². The van der Waals surface area contributed by atoms with Crippen molar-refractivity contribution in [1.82, 2.24) is 15.5 Å². The minimum absolute atomic E-state index is 0.0578. The van der Waals surface area contributed by atoms with Crippen LogP contribution < -0.4 is 39.3 Å². The fourth-order valence-electron chi connectivity index (χ4n) is 4.00. The molecule has 1 saturated heterocycles. The maximum Gasteiger partial charge on any atom is 0.326 e. The molecule has 13 N–H and O–H groups in total. The van der Waals surface area contributed by atoms with Gasteiger partial charge in [0.25, 0.3) is 0 Å². The van der Waals surface area contributed by atoms with E-state index in [4.69, 9.17) is 28.7 Å². The average Bonchev–Trinajstić information content (AvgIpc) is 3.33. The van der Waals surface area contributed by atoms with Crippen molar-refractivity contribution in [3.05, 3.63) is 0 Å². The molecule has 210 valence electrons. The van der Waals surface area contributed by atoms with E-state index in [1.807, 2.05) is 0 Å². The van der Waals surface area contributed by atoms with Crippen LogP contribution in [0.5, 0.6) is 0 Å². The van der Waals surface area contributed by atoms with Crippen LogP contribution >= 0.6 is 0 Å². The Morgan fingerprint density at radius 2 is 1.65 bits per heavy atom. The SMILES string of the molecule is NCCCCC(NC(=O)C1CCCN1C(=O)C(N)CCC(N)=O)C(=O)NC(CCCN=C(N)N)C(=O)O. The molecule has 4 atom stereocenters. The molecule has 0 aromatic rings. The number of carbonyl (C=O) groups is 5. The Kier molecular flexibility index (Phi) is 13.9. The highest BCUT2D eigenvalue weighted by Crippen LogP contribution is 2.20. The zero-order valence-electron chi connectivity index (χ0n) is 21.1. The number of primary amides is 1. The molecular weight excluding hydrogens is 486 g/mol. The summed E-state index contributed by atoms with van der Waals surface area (Å²) in [6.07, 6.45) is 2.68. The first-order valence-corrected chi connectivity index (χ1v) is 12.4. The van der Waals surface area contributed by atoms with E-state index < -0.39 is 53.8 Å². The van der Waals surface area contributed by atoms with Gasteiger partial charge in [-0.05, 0) is 57.9 Å². The number of aliphatic imine (C=N–C) groups is 1. The number of guanidine groups is 1. The molecule has 1 rings (SSSR count). The molecule has 1 aliphatic rings. The summed E-state index contributed by atoms with van der Waals surface area (Å²) in [4.78, 5) is 66.7. The molecule has 0 aliphatic carbocycles. The van der Waals surface area contributed by atoms with Gasteiger partial charge in [-0.2, -0.15) is 0 Å². The Hall–Kier alpha value is -3.46. The first-order chi connectivity index (χ1) is 17.5. The Labute approximate surface area is 215 Å². The van der Waals surface area contributed by atoms with Crippen LogP contribution in [0.1, 0.15) is 57.8 Å². The van der Waals surface area contributed by atoms with Gasteiger partial charge in [0.15, 0.2) is 5.96 Å². The molecule has 1 heterocycles. The first-order valence-electron chi connectivity index (χ1n) is 12.4. The van der Waals surface area contributed by atoms with Crippen LogP contribution in [0.4, 0.5) is 0 Å². The van der Waals surface area contributed by atoms with Crippen molar-refractivity contribution in [2.45, 2.75) is 82.0 Å². The van der Waals surface area contributed by atoms with Gasteiger partial charge in [-0.25, -0.2) is 4.79 Å². The quantitative estimate of drug-likeness (QED) is 0.0532. The van der Waals surface area contributed by atoms with Gasteiger partial charge in [0.2, 0.25) is 23.6 Å². The lowest BCUT2D eigenvalue weighted by Gasteiger charge is -2.28. The largest absolute Gasteiger partial charge is 0.480 e. The normalized spacial score (nSPS) is 17.4. The molecule has 15 heteroatoms. The third-order valence-electron chi connectivity index (χ3n) is 6.00. The molecule has 0 radical (unpaired) electrons. The monoisotopic (exact) mass is 527 g/mol. The van der Waals surface area contributed by atoms with E-state index in [2.05, 4.69) is 15.6 Å². The van der Waals surface area contributed by atoms with Crippen LogP contribution in [0.3, 0.4) is 0 Å². The Morgan fingerprint density at radius 3 is 2.24 bits per heavy atom. The topological polar surface area (TPSA) is 275 Å². The molecule has 1 aliphatic heterocycles. The smallest absolute Gasteiger partial charge is 0.326 e. The third-order valence-corrected chi connectivity index (χ3v) is 6.00. The van der Waals surface area contributed by atoms with Crippen LogP contribution in [-0.4, -0.2) is 89.4 Å². The maximum atomic E-state index is 13.1. The summed E-state index contributed by atoms with van der Waals surface area (Å²) in [5, 5.41) is 14.7. The third kappa shape index (κ3) is 11.4. The van der Waals surface area contributed by atoms with E-state index in [0.29, 0.717) is 45.2 Å². The molecule has 0 aromatic carbocycles. The second kappa shape index (κ2) is 16.3. The van der Waals surface area contributed by atoms with E-state index >= 15 is 0 Å². The highest BCUT2D eigenvalue weighted by atomic mass is 16.4. The Balaban J connectivity index is 2.87.